The fourth-order valence-corrected chi connectivity index (χ4v) is 3.28. The van der Waals surface area contributed by atoms with Crippen molar-refractivity contribution in [3.05, 3.63) is 100 Å². The second-order valence-electron chi connectivity index (χ2n) is 6.75. The molecule has 0 atom stereocenters. The van der Waals surface area contributed by atoms with Crippen LogP contribution in [0, 0.1) is 10.1 Å². The Morgan fingerprint density at radius 3 is 2.55 bits per heavy atom. The molecule has 0 N–H and O–H groups in total. The fourth-order valence-electron chi connectivity index (χ4n) is 3.28. The first-order valence-corrected chi connectivity index (χ1v) is 9.04. The molecule has 0 spiro atoms. The molecule has 7 heteroatoms. The molecular weight excluding hydrogens is 368 g/mol. The van der Waals surface area contributed by atoms with Gasteiger partial charge in [-0.25, -0.2) is 4.68 Å². The van der Waals surface area contributed by atoms with Gasteiger partial charge in [-0.05, 0) is 28.5 Å². The molecule has 0 aliphatic heterocycles. The van der Waals surface area contributed by atoms with E-state index in [1.807, 2.05) is 24.3 Å². The summed E-state index contributed by atoms with van der Waals surface area (Å²) in [6.45, 7) is 0.475. The molecule has 3 aromatic carbocycles. The molecule has 4 aromatic rings. The van der Waals surface area contributed by atoms with Crippen molar-refractivity contribution in [2.75, 3.05) is 7.05 Å². The maximum absolute atomic E-state index is 12.9. The van der Waals surface area contributed by atoms with Gasteiger partial charge in [0, 0.05) is 31.9 Å². The van der Waals surface area contributed by atoms with Crippen LogP contribution >= 0.6 is 0 Å². The zero-order valence-electron chi connectivity index (χ0n) is 15.7. The van der Waals surface area contributed by atoms with Crippen LogP contribution in [0.4, 0.5) is 5.69 Å². The molecule has 0 saturated carbocycles. The molecule has 0 unspecified atom stereocenters. The van der Waals surface area contributed by atoms with E-state index in [-0.39, 0.29) is 11.6 Å². The van der Waals surface area contributed by atoms with Crippen LogP contribution in [0.1, 0.15) is 15.9 Å². The van der Waals surface area contributed by atoms with Gasteiger partial charge in [0.15, 0.2) is 0 Å². The maximum atomic E-state index is 12.9. The number of benzene rings is 3. The van der Waals surface area contributed by atoms with E-state index in [1.54, 1.807) is 30.3 Å². The van der Waals surface area contributed by atoms with Gasteiger partial charge in [-0.2, -0.15) is 5.10 Å². The zero-order chi connectivity index (χ0) is 20.4. The minimum Gasteiger partial charge on any atom is -0.337 e. The van der Waals surface area contributed by atoms with Crippen molar-refractivity contribution in [3.63, 3.8) is 0 Å². The molecule has 29 heavy (non-hydrogen) atoms. The summed E-state index contributed by atoms with van der Waals surface area (Å²) in [6.07, 6.45) is 3.13. The molecule has 0 radical (unpaired) electrons. The van der Waals surface area contributed by atoms with Gasteiger partial charge in [-0.3, -0.25) is 14.9 Å². The Hall–Kier alpha value is -4.00. The lowest BCUT2D eigenvalue weighted by molar-refractivity contribution is -0.384. The monoisotopic (exact) mass is 386 g/mol. The van der Waals surface area contributed by atoms with E-state index in [4.69, 9.17) is 0 Å². The summed E-state index contributed by atoms with van der Waals surface area (Å²) in [5, 5.41) is 17.3. The summed E-state index contributed by atoms with van der Waals surface area (Å²) in [5.41, 5.74) is 2.17. The van der Waals surface area contributed by atoms with E-state index in [2.05, 4.69) is 23.3 Å². The van der Waals surface area contributed by atoms with Crippen LogP contribution in [0.15, 0.2) is 79.1 Å². The van der Waals surface area contributed by atoms with Crippen molar-refractivity contribution >= 4 is 22.4 Å². The first-order chi connectivity index (χ1) is 14.0. The maximum Gasteiger partial charge on any atom is 0.269 e. The van der Waals surface area contributed by atoms with Gasteiger partial charge in [0.05, 0.1) is 22.4 Å². The Morgan fingerprint density at radius 2 is 1.79 bits per heavy atom. The Kier molecular flexibility index (Phi) is 4.78. The second-order valence-corrected chi connectivity index (χ2v) is 6.75. The number of carbonyl (C=O) groups excluding carboxylic acids is 1. The van der Waals surface area contributed by atoms with E-state index in [1.165, 1.54) is 23.0 Å². The highest BCUT2D eigenvalue weighted by Crippen LogP contribution is 2.21. The van der Waals surface area contributed by atoms with Crippen molar-refractivity contribution in [1.29, 1.82) is 0 Å². The van der Waals surface area contributed by atoms with E-state index in [9.17, 15) is 14.9 Å². The number of aromatic nitrogens is 2. The number of nitrogens with zero attached hydrogens (tertiary/aromatic N) is 4. The number of rotatable bonds is 5. The van der Waals surface area contributed by atoms with Crippen molar-refractivity contribution in [1.82, 2.24) is 14.7 Å². The highest BCUT2D eigenvalue weighted by molar-refractivity contribution is 5.94. The minimum absolute atomic E-state index is 0.00651. The Labute approximate surface area is 167 Å². The van der Waals surface area contributed by atoms with Crippen molar-refractivity contribution in [2.24, 2.45) is 0 Å². The van der Waals surface area contributed by atoms with Gasteiger partial charge in [-0.15, -0.1) is 0 Å². The summed E-state index contributed by atoms with van der Waals surface area (Å²) in [4.78, 5) is 24.8. The van der Waals surface area contributed by atoms with Crippen molar-refractivity contribution < 1.29 is 9.72 Å². The predicted molar refractivity (Wildman–Crippen MR) is 110 cm³/mol. The van der Waals surface area contributed by atoms with Crippen LogP contribution < -0.4 is 0 Å². The smallest absolute Gasteiger partial charge is 0.269 e. The SMILES string of the molecule is CN(Cc1cccc2ccccc12)C(=O)c1cnn(-c2ccc([N+](=O)[O-])cc2)c1. The molecule has 7 nitrogen and oxygen atoms in total. The molecule has 1 heterocycles. The van der Waals surface area contributed by atoms with Crippen LogP contribution in [0.25, 0.3) is 16.5 Å². The number of nitro groups is 1. The number of carbonyl (C=O) groups is 1. The largest absolute Gasteiger partial charge is 0.337 e. The number of hydrogen-bond donors (Lipinski definition) is 0. The van der Waals surface area contributed by atoms with Gasteiger partial charge < -0.3 is 4.90 Å². The van der Waals surface area contributed by atoms with Gasteiger partial charge >= 0.3 is 0 Å². The fraction of sp³-hybridized carbons (Fsp3) is 0.0909. The zero-order valence-corrected chi connectivity index (χ0v) is 15.7. The normalized spacial score (nSPS) is 10.8. The van der Waals surface area contributed by atoms with Crippen LogP contribution in [0.3, 0.4) is 0 Å². The Morgan fingerprint density at radius 1 is 1.07 bits per heavy atom. The molecule has 4 rings (SSSR count). The van der Waals surface area contributed by atoms with Gasteiger partial charge in [0.1, 0.15) is 0 Å². The van der Waals surface area contributed by atoms with E-state index in [0.717, 1.165) is 16.3 Å². The molecule has 0 bridgehead atoms. The topological polar surface area (TPSA) is 81.3 Å². The first-order valence-electron chi connectivity index (χ1n) is 9.04. The van der Waals surface area contributed by atoms with Crippen LogP contribution in [0.5, 0.6) is 0 Å². The lowest BCUT2D eigenvalue weighted by Crippen LogP contribution is -2.26. The molecular formula is C22H18N4O3. The van der Waals surface area contributed by atoms with E-state index < -0.39 is 4.92 Å². The number of non-ortho nitro benzene ring substituents is 1. The Balaban J connectivity index is 1.53. The van der Waals surface area contributed by atoms with Crippen molar-refractivity contribution in [2.45, 2.75) is 6.54 Å². The summed E-state index contributed by atoms with van der Waals surface area (Å²) in [6, 6.07) is 20.2. The molecule has 1 amide bonds. The summed E-state index contributed by atoms with van der Waals surface area (Å²) < 4.78 is 1.53. The molecule has 0 fully saturated rings. The summed E-state index contributed by atoms with van der Waals surface area (Å²) in [5.74, 6) is -0.147. The van der Waals surface area contributed by atoms with E-state index in [0.29, 0.717) is 17.8 Å². The number of fused-ring (bicyclic) bond motifs is 1. The number of nitro benzene ring substituents is 1. The van der Waals surface area contributed by atoms with Gasteiger partial charge in [0.25, 0.3) is 11.6 Å². The highest BCUT2D eigenvalue weighted by atomic mass is 16.6. The summed E-state index contributed by atoms with van der Waals surface area (Å²) >= 11 is 0. The lowest BCUT2D eigenvalue weighted by atomic mass is 10.0. The standard InChI is InChI=1S/C22H18N4O3/c1-24(14-17-7-4-6-16-5-2-3-8-21(16)17)22(27)18-13-23-25(15-18)19-9-11-20(12-10-19)26(28)29/h2-13,15H,14H2,1H3. The number of hydrogen-bond acceptors (Lipinski definition) is 4. The van der Waals surface area contributed by atoms with Gasteiger partial charge in [-0.1, -0.05) is 42.5 Å². The molecule has 0 aliphatic carbocycles. The molecule has 144 valence electrons. The molecule has 0 saturated heterocycles. The number of amides is 1. The first kappa shape index (κ1) is 18.4. The average Bonchev–Trinajstić information content (AvgIpc) is 3.23. The van der Waals surface area contributed by atoms with Gasteiger partial charge in [0.2, 0.25) is 0 Å². The van der Waals surface area contributed by atoms with Crippen molar-refractivity contribution in [3.8, 4) is 5.69 Å². The summed E-state index contributed by atoms with van der Waals surface area (Å²) in [7, 11) is 1.76. The molecule has 0 aliphatic rings. The quantitative estimate of drug-likeness (QED) is 0.380. The van der Waals surface area contributed by atoms with Crippen LogP contribution in [-0.2, 0) is 6.54 Å². The van der Waals surface area contributed by atoms with E-state index >= 15 is 0 Å². The van der Waals surface area contributed by atoms with Crippen LogP contribution in [-0.4, -0.2) is 32.6 Å². The van der Waals surface area contributed by atoms with Crippen LogP contribution in [0.2, 0.25) is 0 Å². The second kappa shape index (κ2) is 7.55. The predicted octanol–water partition coefficient (Wildman–Crippen LogP) is 4.21. The average molecular weight is 386 g/mol. The Bertz CT molecular complexity index is 1190. The minimum atomic E-state index is -0.454. The third-order valence-corrected chi connectivity index (χ3v) is 4.79. The third kappa shape index (κ3) is 3.70. The highest BCUT2D eigenvalue weighted by Gasteiger charge is 2.16. The lowest BCUT2D eigenvalue weighted by Gasteiger charge is -2.17. The third-order valence-electron chi connectivity index (χ3n) is 4.79. The molecule has 1 aromatic heterocycles.